The Kier molecular flexibility index (Phi) is 4.63. The molecule has 0 aliphatic rings. The zero-order valence-corrected chi connectivity index (χ0v) is 12.0. The third kappa shape index (κ3) is 3.99. The number of hydrazine groups is 1. The molecular formula is C16H16N2O4. The second-order valence-electron chi connectivity index (χ2n) is 4.85. The van der Waals surface area contributed by atoms with E-state index in [0.29, 0.717) is 16.7 Å². The molecule has 6 heteroatoms. The minimum absolute atomic E-state index is 0.0310. The molecule has 2 amide bonds. The molecule has 0 bridgehead atoms. The molecule has 0 aromatic heterocycles. The SMILES string of the molecule is Cc1cc(C(=O)NNC(=O)Cc2cccc(O)c2)ccc1O. The van der Waals surface area contributed by atoms with Crippen LogP contribution in [0.15, 0.2) is 42.5 Å². The van der Waals surface area contributed by atoms with Crippen LogP contribution in [0.1, 0.15) is 21.5 Å². The molecule has 0 saturated carbocycles. The van der Waals surface area contributed by atoms with Gasteiger partial charge in [-0.3, -0.25) is 20.4 Å². The van der Waals surface area contributed by atoms with E-state index in [0.717, 1.165) is 0 Å². The largest absolute Gasteiger partial charge is 0.508 e. The summed E-state index contributed by atoms with van der Waals surface area (Å²) in [6, 6.07) is 10.7. The lowest BCUT2D eigenvalue weighted by atomic mass is 10.1. The molecule has 0 radical (unpaired) electrons. The van der Waals surface area contributed by atoms with E-state index in [-0.39, 0.29) is 17.9 Å². The molecule has 6 nitrogen and oxygen atoms in total. The number of carbonyl (C=O) groups is 2. The van der Waals surface area contributed by atoms with Crippen LogP contribution in [0.5, 0.6) is 11.5 Å². The van der Waals surface area contributed by atoms with E-state index in [2.05, 4.69) is 10.9 Å². The van der Waals surface area contributed by atoms with E-state index >= 15 is 0 Å². The zero-order valence-electron chi connectivity index (χ0n) is 12.0. The summed E-state index contributed by atoms with van der Waals surface area (Å²) >= 11 is 0. The first-order valence-corrected chi connectivity index (χ1v) is 6.62. The highest BCUT2D eigenvalue weighted by Crippen LogP contribution is 2.16. The third-order valence-electron chi connectivity index (χ3n) is 3.05. The lowest BCUT2D eigenvalue weighted by Gasteiger charge is -2.08. The van der Waals surface area contributed by atoms with Crippen molar-refractivity contribution in [3.63, 3.8) is 0 Å². The Labute approximate surface area is 127 Å². The van der Waals surface area contributed by atoms with Gasteiger partial charge < -0.3 is 10.2 Å². The average molecular weight is 300 g/mol. The number of benzene rings is 2. The van der Waals surface area contributed by atoms with Crippen LogP contribution >= 0.6 is 0 Å². The van der Waals surface area contributed by atoms with Gasteiger partial charge in [-0.05, 0) is 48.4 Å². The quantitative estimate of drug-likeness (QED) is 0.644. The molecule has 114 valence electrons. The van der Waals surface area contributed by atoms with Gasteiger partial charge in [0.25, 0.3) is 5.91 Å². The molecule has 0 heterocycles. The molecule has 0 saturated heterocycles. The van der Waals surface area contributed by atoms with Gasteiger partial charge in [0, 0.05) is 5.56 Å². The van der Waals surface area contributed by atoms with Crippen LogP contribution < -0.4 is 10.9 Å². The Balaban J connectivity index is 1.90. The Morgan fingerprint density at radius 3 is 2.50 bits per heavy atom. The highest BCUT2D eigenvalue weighted by molar-refractivity contribution is 5.95. The molecule has 0 unspecified atom stereocenters. The lowest BCUT2D eigenvalue weighted by Crippen LogP contribution is -2.42. The van der Waals surface area contributed by atoms with Gasteiger partial charge in [0.15, 0.2) is 0 Å². The Hall–Kier alpha value is -3.02. The van der Waals surface area contributed by atoms with Gasteiger partial charge in [0.05, 0.1) is 6.42 Å². The minimum Gasteiger partial charge on any atom is -0.508 e. The number of carbonyl (C=O) groups excluding carboxylic acids is 2. The van der Waals surface area contributed by atoms with Gasteiger partial charge in [-0.15, -0.1) is 0 Å². The fourth-order valence-corrected chi connectivity index (χ4v) is 1.89. The Morgan fingerprint density at radius 2 is 1.82 bits per heavy atom. The predicted molar refractivity (Wildman–Crippen MR) is 80.3 cm³/mol. The third-order valence-corrected chi connectivity index (χ3v) is 3.05. The molecule has 0 fully saturated rings. The second-order valence-corrected chi connectivity index (χ2v) is 4.85. The highest BCUT2D eigenvalue weighted by Gasteiger charge is 2.09. The summed E-state index contributed by atoms with van der Waals surface area (Å²) < 4.78 is 0. The average Bonchev–Trinajstić information content (AvgIpc) is 2.47. The van der Waals surface area contributed by atoms with Gasteiger partial charge in [-0.2, -0.15) is 0 Å². The van der Waals surface area contributed by atoms with E-state index in [1.807, 2.05) is 0 Å². The first kappa shape index (κ1) is 15.4. The van der Waals surface area contributed by atoms with Gasteiger partial charge in [0.2, 0.25) is 5.91 Å². The first-order valence-electron chi connectivity index (χ1n) is 6.62. The molecule has 0 spiro atoms. The van der Waals surface area contributed by atoms with Crippen molar-refractivity contribution in [2.24, 2.45) is 0 Å². The first-order chi connectivity index (χ1) is 10.5. The van der Waals surface area contributed by atoms with E-state index < -0.39 is 11.8 Å². The number of hydrogen-bond acceptors (Lipinski definition) is 4. The van der Waals surface area contributed by atoms with Crippen LogP contribution in [0.4, 0.5) is 0 Å². The summed E-state index contributed by atoms with van der Waals surface area (Å²) in [5, 5.41) is 18.7. The highest BCUT2D eigenvalue weighted by atomic mass is 16.3. The predicted octanol–water partition coefficient (Wildman–Crippen LogP) is 1.41. The standard InChI is InChI=1S/C16H16N2O4/c1-10-7-12(5-6-14(10)20)16(22)18-17-15(21)9-11-3-2-4-13(19)8-11/h2-8,19-20H,9H2,1H3,(H,17,21)(H,18,22). The van der Waals surface area contributed by atoms with Crippen LogP contribution in [0.3, 0.4) is 0 Å². The number of aryl methyl sites for hydroxylation is 1. The van der Waals surface area contributed by atoms with Crippen molar-refractivity contribution in [1.82, 2.24) is 10.9 Å². The van der Waals surface area contributed by atoms with Crippen molar-refractivity contribution >= 4 is 11.8 Å². The summed E-state index contributed by atoms with van der Waals surface area (Å²) in [5.41, 5.74) is 6.12. The van der Waals surface area contributed by atoms with Crippen molar-refractivity contribution in [2.75, 3.05) is 0 Å². The minimum atomic E-state index is -0.479. The van der Waals surface area contributed by atoms with Crippen molar-refractivity contribution in [2.45, 2.75) is 13.3 Å². The van der Waals surface area contributed by atoms with Crippen LogP contribution in [-0.4, -0.2) is 22.0 Å². The van der Waals surface area contributed by atoms with E-state index in [4.69, 9.17) is 0 Å². The van der Waals surface area contributed by atoms with E-state index in [1.165, 1.54) is 30.3 Å². The maximum atomic E-state index is 11.9. The maximum Gasteiger partial charge on any atom is 0.269 e. The van der Waals surface area contributed by atoms with Crippen LogP contribution in [-0.2, 0) is 11.2 Å². The maximum absolute atomic E-state index is 11.9. The molecule has 22 heavy (non-hydrogen) atoms. The molecular weight excluding hydrogens is 284 g/mol. The van der Waals surface area contributed by atoms with Gasteiger partial charge in [0.1, 0.15) is 11.5 Å². The smallest absolute Gasteiger partial charge is 0.269 e. The van der Waals surface area contributed by atoms with Crippen LogP contribution in [0.25, 0.3) is 0 Å². The number of phenols is 2. The molecule has 0 aliphatic heterocycles. The van der Waals surface area contributed by atoms with Gasteiger partial charge >= 0.3 is 0 Å². The van der Waals surface area contributed by atoms with Crippen molar-refractivity contribution in [3.8, 4) is 11.5 Å². The number of amides is 2. The second kappa shape index (κ2) is 6.62. The summed E-state index contributed by atoms with van der Waals surface area (Å²) in [4.78, 5) is 23.6. The monoisotopic (exact) mass is 300 g/mol. The number of rotatable bonds is 3. The fraction of sp³-hybridized carbons (Fsp3) is 0.125. The van der Waals surface area contributed by atoms with E-state index in [1.54, 1.807) is 19.1 Å². The number of aromatic hydroxyl groups is 2. The van der Waals surface area contributed by atoms with Crippen LogP contribution in [0, 0.1) is 6.92 Å². The lowest BCUT2D eigenvalue weighted by molar-refractivity contribution is -0.121. The fourth-order valence-electron chi connectivity index (χ4n) is 1.89. The molecule has 0 aliphatic carbocycles. The van der Waals surface area contributed by atoms with Crippen molar-refractivity contribution in [3.05, 3.63) is 59.2 Å². The summed E-state index contributed by atoms with van der Waals surface area (Å²) in [7, 11) is 0. The van der Waals surface area contributed by atoms with Crippen molar-refractivity contribution in [1.29, 1.82) is 0 Å². The molecule has 2 rings (SSSR count). The molecule has 2 aromatic rings. The Bertz CT molecular complexity index is 713. The zero-order chi connectivity index (χ0) is 16.1. The normalized spacial score (nSPS) is 10.0. The Morgan fingerprint density at radius 1 is 1.05 bits per heavy atom. The number of nitrogens with one attached hydrogen (secondary N) is 2. The van der Waals surface area contributed by atoms with Gasteiger partial charge in [-0.25, -0.2) is 0 Å². The van der Waals surface area contributed by atoms with Crippen molar-refractivity contribution < 1.29 is 19.8 Å². The topological polar surface area (TPSA) is 98.7 Å². The summed E-state index contributed by atoms with van der Waals surface area (Å²) in [6.45, 7) is 1.67. The number of hydrogen-bond donors (Lipinski definition) is 4. The molecule has 2 aromatic carbocycles. The van der Waals surface area contributed by atoms with Gasteiger partial charge in [-0.1, -0.05) is 12.1 Å². The molecule has 0 atom stereocenters. The summed E-state index contributed by atoms with van der Waals surface area (Å²) in [6.07, 6.45) is 0.0310. The molecule has 4 N–H and O–H groups in total. The van der Waals surface area contributed by atoms with E-state index in [9.17, 15) is 19.8 Å². The van der Waals surface area contributed by atoms with Crippen LogP contribution in [0.2, 0.25) is 0 Å². The number of phenolic OH excluding ortho intramolecular Hbond substituents is 2. The summed E-state index contributed by atoms with van der Waals surface area (Å²) in [5.74, 6) is -0.708.